The third-order valence-electron chi connectivity index (χ3n) is 4.91. The third kappa shape index (κ3) is 3.69. The third-order valence-corrected chi connectivity index (χ3v) is 7.16. The first-order valence-electron chi connectivity index (χ1n) is 8.81. The summed E-state index contributed by atoms with van der Waals surface area (Å²) < 4.78 is 28.1. The molecule has 0 aliphatic carbocycles. The predicted octanol–water partition coefficient (Wildman–Crippen LogP) is 5.03. The van der Waals surface area contributed by atoms with E-state index in [1.54, 1.807) is 24.3 Å². The number of benzene rings is 3. The lowest BCUT2D eigenvalue weighted by molar-refractivity contribution is 0.319. The van der Waals surface area contributed by atoms with Crippen LogP contribution in [-0.4, -0.2) is 19.4 Å². The fraction of sp³-hybridized carbons (Fsp3) is 0.143. The van der Waals surface area contributed by atoms with E-state index in [0.29, 0.717) is 16.6 Å². The van der Waals surface area contributed by atoms with E-state index in [-0.39, 0.29) is 10.8 Å². The Morgan fingerprint density at radius 1 is 0.786 bits per heavy atom. The van der Waals surface area contributed by atoms with Crippen LogP contribution in [0.4, 0.5) is 0 Å². The maximum Gasteiger partial charge on any atom is 0.256 e. The van der Waals surface area contributed by atoms with Crippen LogP contribution >= 0.6 is 23.2 Å². The minimum absolute atomic E-state index is 0.0375. The van der Waals surface area contributed by atoms with Crippen LogP contribution in [-0.2, 0) is 10.0 Å². The lowest BCUT2D eigenvalue weighted by Crippen LogP contribution is -2.38. The molecule has 0 bridgehead atoms. The minimum Gasteiger partial charge on any atom is -0.240 e. The summed E-state index contributed by atoms with van der Waals surface area (Å²) in [6, 6.07) is 23.0. The summed E-state index contributed by atoms with van der Waals surface area (Å²) >= 11 is 12.0. The summed E-state index contributed by atoms with van der Waals surface area (Å²) in [5.41, 5.74) is 5.05. The van der Waals surface area contributed by atoms with Crippen LogP contribution in [0.3, 0.4) is 0 Å². The largest absolute Gasteiger partial charge is 0.256 e. The molecule has 0 amide bonds. The monoisotopic (exact) mass is 432 g/mol. The standard InChI is InChI=1S/C21H18Cl2N2O2S/c22-17-8-6-16(7-9-17)21-20(15-4-2-1-3-5-15)14-24-25(21)28(26,27)19-12-10-18(23)11-13-19/h1-13,20-21,24H,14H2/t20-,21?/m1/s1. The zero-order valence-electron chi connectivity index (χ0n) is 14.8. The second-order valence-corrected chi connectivity index (χ2v) is 9.32. The molecule has 1 aliphatic rings. The molecular weight excluding hydrogens is 415 g/mol. The summed E-state index contributed by atoms with van der Waals surface area (Å²) in [7, 11) is -3.77. The van der Waals surface area contributed by atoms with E-state index >= 15 is 0 Å². The number of sulfonamides is 1. The average Bonchev–Trinajstić information content (AvgIpc) is 3.15. The maximum absolute atomic E-state index is 13.4. The van der Waals surface area contributed by atoms with Gasteiger partial charge in [-0.3, -0.25) is 0 Å². The summed E-state index contributed by atoms with van der Waals surface area (Å²) in [6.45, 7) is 0.504. The Balaban J connectivity index is 1.79. The number of hydrogen-bond acceptors (Lipinski definition) is 3. The molecule has 1 saturated heterocycles. The molecule has 1 N–H and O–H groups in total. The Bertz CT molecular complexity index is 1060. The van der Waals surface area contributed by atoms with Gasteiger partial charge in [-0.1, -0.05) is 65.7 Å². The van der Waals surface area contributed by atoms with Crippen LogP contribution in [0, 0.1) is 0 Å². The van der Waals surface area contributed by atoms with Crippen molar-refractivity contribution in [2.24, 2.45) is 0 Å². The lowest BCUT2D eigenvalue weighted by Gasteiger charge is -2.27. The number of nitrogens with one attached hydrogen (secondary N) is 1. The van der Waals surface area contributed by atoms with E-state index in [9.17, 15) is 8.42 Å². The normalized spacial score (nSPS) is 20.4. The lowest BCUT2D eigenvalue weighted by atomic mass is 9.89. The van der Waals surface area contributed by atoms with Gasteiger partial charge in [0.05, 0.1) is 10.9 Å². The van der Waals surface area contributed by atoms with Crippen LogP contribution in [0.2, 0.25) is 10.0 Å². The SMILES string of the molecule is O=S(=O)(c1ccc(Cl)cc1)N1NC[C@H](c2ccccc2)C1c1ccc(Cl)cc1. The molecule has 2 atom stereocenters. The van der Waals surface area contributed by atoms with Crippen LogP contribution in [0.25, 0.3) is 0 Å². The molecule has 0 saturated carbocycles. The Kier molecular flexibility index (Phi) is 5.45. The fourth-order valence-corrected chi connectivity index (χ4v) is 5.32. The predicted molar refractivity (Wildman–Crippen MR) is 112 cm³/mol. The number of halogens is 2. The molecule has 1 fully saturated rings. The van der Waals surface area contributed by atoms with E-state index in [1.165, 1.54) is 16.5 Å². The number of hydrazine groups is 1. The topological polar surface area (TPSA) is 49.4 Å². The van der Waals surface area contributed by atoms with E-state index in [2.05, 4.69) is 5.43 Å². The van der Waals surface area contributed by atoms with Crippen LogP contribution < -0.4 is 5.43 Å². The van der Waals surface area contributed by atoms with Gasteiger partial charge in [0, 0.05) is 22.5 Å². The first-order chi connectivity index (χ1) is 13.5. The molecule has 4 nitrogen and oxygen atoms in total. The van der Waals surface area contributed by atoms with Crippen molar-refractivity contribution in [2.75, 3.05) is 6.54 Å². The molecule has 28 heavy (non-hydrogen) atoms. The Morgan fingerprint density at radius 3 is 1.96 bits per heavy atom. The molecule has 1 heterocycles. The van der Waals surface area contributed by atoms with Crippen molar-refractivity contribution < 1.29 is 8.42 Å². The first-order valence-corrected chi connectivity index (χ1v) is 11.0. The summed E-state index contributed by atoms with van der Waals surface area (Å²) in [5, 5.41) is 1.10. The van der Waals surface area contributed by atoms with E-state index < -0.39 is 16.1 Å². The zero-order valence-corrected chi connectivity index (χ0v) is 17.1. The molecule has 144 valence electrons. The fourth-order valence-electron chi connectivity index (χ4n) is 3.54. The number of hydrogen-bond donors (Lipinski definition) is 1. The van der Waals surface area contributed by atoms with Gasteiger partial charge in [-0.2, -0.15) is 0 Å². The van der Waals surface area contributed by atoms with Crippen molar-refractivity contribution in [3.8, 4) is 0 Å². The molecule has 0 radical (unpaired) electrons. The molecule has 7 heteroatoms. The molecule has 0 aromatic heterocycles. The van der Waals surface area contributed by atoms with E-state index in [4.69, 9.17) is 23.2 Å². The second kappa shape index (κ2) is 7.85. The van der Waals surface area contributed by atoms with Gasteiger partial charge in [0.1, 0.15) is 0 Å². The van der Waals surface area contributed by atoms with Gasteiger partial charge >= 0.3 is 0 Å². The van der Waals surface area contributed by atoms with Gasteiger partial charge in [-0.25, -0.2) is 13.8 Å². The molecule has 1 aliphatic heterocycles. The van der Waals surface area contributed by atoms with Gasteiger partial charge in [0.2, 0.25) is 0 Å². The van der Waals surface area contributed by atoms with Crippen molar-refractivity contribution in [3.05, 3.63) is 100 Å². The quantitative estimate of drug-likeness (QED) is 0.628. The second-order valence-electron chi connectivity index (χ2n) is 6.63. The highest BCUT2D eigenvalue weighted by atomic mass is 35.5. The van der Waals surface area contributed by atoms with Gasteiger partial charge in [-0.15, -0.1) is 4.41 Å². The summed E-state index contributed by atoms with van der Waals surface area (Å²) in [6.07, 6.45) is 0. The van der Waals surface area contributed by atoms with Crippen molar-refractivity contribution in [3.63, 3.8) is 0 Å². The molecule has 3 aromatic carbocycles. The van der Waals surface area contributed by atoms with Crippen molar-refractivity contribution in [1.29, 1.82) is 0 Å². The summed E-state index contributed by atoms with van der Waals surface area (Å²) in [5.74, 6) is -0.0375. The van der Waals surface area contributed by atoms with E-state index in [0.717, 1.165) is 11.1 Å². The zero-order chi connectivity index (χ0) is 19.7. The molecular formula is C21H18Cl2N2O2S. The Morgan fingerprint density at radius 2 is 1.36 bits per heavy atom. The molecule has 1 unspecified atom stereocenters. The Labute approximate surface area is 174 Å². The van der Waals surface area contributed by atoms with Gasteiger partial charge in [0.15, 0.2) is 0 Å². The highest BCUT2D eigenvalue weighted by Crippen LogP contribution is 2.41. The van der Waals surface area contributed by atoms with Gasteiger partial charge < -0.3 is 0 Å². The van der Waals surface area contributed by atoms with Crippen LogP contribution in [0.15, 0.2) is 83.8 Å². The van der Waals surface area contributed by atoms with Crippen molar-refractivity contribution in [2.45, 2.75) is 16.9 Å². The van der Waals surface area contributed by atoms with E-state index in [1.807, 2.05) is 42.5 Å². The van der Waals surface area contributed by atoms with Crippen LogP contribution in [0.1, 0.15) is 23.1 Å². The summed E-state index contributed by atoms with van der Waals surface area (Å²) in [4.78, 5) is 0.192. The maximum atomic E-state index is 13.4. The smallest absolute Gasteiger partial charge is 0.240 e. The molecule has 4 rings (SSSR count). The van der Waals surface area contributed by atoms with Gasteiger partial charge in [0.25, 0.3) is 10.0 Å². The number of nitrogens with zero attached hydrogens (tertiary/aromatic N) is 1. The number of rotatable bonds is 4. The van der Waals surface area contributed by atoms with Crippen molar-refractivity contribution >= 4 is 33.2 Å². The highest BCUT2D eigenvalue weighted by Gasteiger charge is 2.43. The molecule has 0 spiro atoms. The van der Waals surface area contributed by atoms with Crippen molar-refractivity contribution in [1.82, 2.24) is 9.84 Å². The van der Waals surface area contributed by atoms with Gasteiger partial charge in [-0.05, 0) is 47.5 Å². The Hall–Kier alpha value is -1.89. The minimum atomic E-state index is -3.77. The van der Waals surface area contributed by atoms with Crippen LogP contribution in [0.5, 0.6) is 0 Å². The molecule has 3 aromatic rings. The highest BCUT2D eigenvalue weighted by molar-refractivity contribution is 7.89. The average molecular weight is 433 g/mol. The first kappa shape index (κ1) is 19.4.